The number of rotatable bonds is 3. The maximum absolute atomic E-state index is 6.35. The summed E-state index contributed by atoms with van der Waals surface area (Å²) in [4.78, 5) is 7.14. The zero-order valence-corrected chi connectivity index (χ0v) is 15.8. The number of imidazole rings is 1. The minimum atomic E-state index is -0.0802. The number of hydrogen-bond donors (Lipinski definition) is 0. The van der Waals surface area contributed by atoms with E-state index in [1.54, 1.807) is 11.3 Å². The first-order chi connectivity index (χ1) is 12.7. The van der Waals surface area contributed by atoms with Gasteiger partial charge in [0.1, 0.15) is 18.0 Å². The standard InChI is InChI=1S/C21H23N3OS/c1-16-2-4-18(5-3-16)19-10-22-20-12-25-21(15-24(19)20)7-8-23(14-21)11-17-6-9-26-13-17/h2-6,9-10,13H,7-8,11-12,14-15H2,1H3. The van der Waals surface area contributed by atoms with Crippen LogP contribution in [0.4, 0.5) is 0 Å². The molecule has 1 atom stereocenters. The number of ether oxygens (including phenoxy) is 1. The molecule has 1 spiro atoms. The molecule has 1 fully saturated rings. The first-order valence-electron chi connectivity index (χ1n) is 9.20. The third-order valence-corrected chi connectivity index (χ3v) is 6.35. The summed E-state index contributed by atoms with van der Waals surface area (Å²) in [5.74, 6) is 1.04. The Bertz CT molecular complexity index is 900. The lowest BCUT2D eigenvalue weighted by atomic mass is 10.0. The largest absolute Gasteiger partial charge is 0.364 e. The Hall–Kier alpha value is -1.95. The third-order valence-electron chi connectivity index (χ3n) is 5.62. The highest BCUT2D eigenvalue weighted by Gasteiger charge is 2.43. The maximum atomic E-state index is 6.35. The molecule has 1 aromatic carbocycles. The summed E-state index contributed by atoms with van der Waals surface area (Å²) in [5, 5.41) is 4.40. The van der Waals surface area contributed by atoms with Crippen molar-refractivity contribution in [2.45, 2.75) is 38.6 Å². The van der Waals surface area contributed by atoms with Crippen LogP contribution >= 0.6 is 11.3 Å². The second-order valence-electron chi connectivity index (χ2n) is 7.58. The molecular weight excluding hydrogens is 342 g/mol. The van der Waals surface area contributed by atoms with E-state index in [1.807, 2.05) is 6.20 Å². The lowest BCUT2D eigenvalue weighted by Crippen LogP contribution is -2.44. The molecule has 0 saturated carbocycles. The highest BCUT2D eigenvalue weighted by atomic mass is 32.1. The fourth-order valence-corrected chi connectivity index (χ4v) is 4.82. The highest BCUT2D eigenvalue weighted by molar-refractivity contribution is 7.07. The average molecular weight is 366 g/mol. The molecule has 0 radical (unpaired) electrons. The van der Waals surface area contributed by atoms with E-state index in [9.17, 15) is 0 Å². The van der Waals surface area contributed by atoms with E-state index in [2.05, 4.69) is 62.5 Å². The molecule has 4 heterocycles. The molecule has 3 aromatic rings. The number of hydrogen-bond acceptors (Lipinski definition) is 4. The number of aromatic nitrogens is 2. The van der Waals surface area contributed by atoms with Crippen molar-refractivity contribution in [3.8, 4) is 11.3 Å². The normalized spacial score (nSPS) is 22.8. The van der Waals surface area contributed by atoms with Crippen LogP contribution in [0.15, 0.2) is 47.3 Å². The predicted octanol–water partition coefficient (Wildman–Crippen LogP) is 4.09. The van der Waals surface area contributed by atoms with E-state index in [4.69, 9.17) is 4.74 Å². The van der Waals surface area contributed by atoms with Gasteiger partial charge in [0, 0.05) is 19.6 Å². The Kier molecular flexibility index (Phi) is 3.96. The Morgan fingerprint density at radius 1 is 1.19 bits per heavy atom. The maximum Gasteiger partial charge on any atom is 0.135 e. The minimum Gasteiger partial charge on any atom is -0.364 e. The molecule has 2 aliphatic rings. The van der Waals surface area contributed by atoms with Crippen LogP contribution in [0.5, 0.6) is 0 Å². The number of fused-ring (bicyclic) bond motifs is 1. The fraction of sp³-hybridized carbons (Fsp3) is 0.381. The molecule has 0 bridgehead atoms. The van der Waals surface area contributed by atoms with Crippen LogP contribution in [0.3, 0.4) is 0 Å². The third kappa shape index (κ3) is 2.90. The zero-order chi connectivity index (χ0) is 17.6. The number of nitrogens with zero attached hydrogens (tertiary/aromatic N) is 3. The predicted molar refractivity (Wildman–Crippen MR) is 104 cm³/mol. The van der Waals surface area contributed by atoms with Gasteiger partial charge in [0.2, 0.25) is 0 Å². The van der Waals surface area contributed by atoms with Gasteiger partial charge in [-0.3, -0.25) is 4.90 Å². The van der Waals surface area contributed by atoms with Gasteiger partial charge in [-0.15, -0.1) is 0 Å². The van der Waals surface area contributed by atoms with Gasteiger partial charge in [0.05, 0.1) is 18.4 Å². The van der Waals surface area contributed by atoms with E-state index in [0.717, 1.165) is 38.4 Å². The molecule has 134 valence electrons. The van der Waals surface area contributed by atoms with Crippen LogP contribution < -0.4 is 0 Å². The van der Waals surface area contributed by atoms with Crippen molar-refractivity contribution < 1.29 is 4.74 Å². The number of benzene rings is 1. The van der Waals surface area contributed by atoms with Crippen LogP contribution in [0.1, 0.15) is 23.4 Å². The van der Waals surface area contributed by atoms with Gasteiger partial charge in [-0.1, -0.05) is 29.8 Å². The van der Waals surface area contributed by atoms with Gasteiger partial charge < -0.3 is 9.30 Å². The second kappa shape index (κ2) is 6.34. The highest BCUT2D eigenvalue weighted by Crippen LogP contribution is 2.35. The van der Waals surface area contributed by atoms with Crippen LogP contribution in [0.25, 0.3) is 11.3 Å². The fourth-order valence-electron chi connectivity index (χ4n) is 4.16. The van der Waals surface area contributed by atoms with Crippen LogP contribution in [0.2, 0.25) is 0 Å². The van der Waals surface area contributed by atoms with Crippen molar-refractivity contribution in [3.63, 3.8) is 0 Å². The zero-order valence-electron chi connectivity index (χ0n) is 15.0. The molecule has 5 rings (SSSR count). The molecule has 4 nitrogen and oxygen atoms in total. The summed E-state index contributed by atoms with van der Waals surface area (Å²) in [5.41, 5.74) is 5.06. The van der Waals surface area contributed by atoms with Crippen molar-refractivity contribution in [2.24, 2.45) is 0 Å². The quantitative estimate of drug-likeness (QED) is 0.700. The first-order valence-corrected chi connectivity index (χ1v) is 10.1. The molecule has 1 saturated heterocycles. The van der Waals surface area contributed by atoms with E-state index in [0.29, 0.717) is 6.61 Å². The van der Waals surface area contributed by atoms with Crippen molar-refractivity contribution >= 4 is 11.3 Å². The monoisotopic (exact) mass is 365 g/mol. The summed E-state index contributed by atoms with van der Waals surface area (Å²) in [6.07, 6.45) is 3.09. The van der Waals surface area contributed by atoms with E-state index in [1.165, 1.54) is 22.4 Å². The molecule has 0 N–H and O–H groups in total. The van der Waals surface area contributed by atoms with Crippen molar-refractivity contribution in [1.82, 2.24) is 14.5 Å². The smallest absolute Gasteiger partial charge is 0.135 e. The molecule has 2 aromatic heterocycles. The Balaban J connectivity index is 1.38. The Morgan fingerprint density at radius 3 is 2.88 bits per heavy atom. The van der Waals surface area contributed by atoms with Crippen molar-refractivity contribution in [2.75, 3.05) is 13.1 Å². The molecule has 5 heteroatoms. The molecular formula is C21H23N3OS. The summed E-state index contributed by atoms with van der Waals surface area (Å²) in [7, 11) is 0. The van der Waals surface area contributed by atoms with Gasteiger partial charge in [0.15, 0.2) is 0 Å². The number of thiophene rings is 1. The van der Waals surface area contributed by atoms with E-state index >= 15 is 0 Å². The summed E-state index contributed by atoms with van der Waals surface area (Å²) < 4.78 is 8.73. The molecule has 2 aliphatic heterocycles. The first kappa shape index (κ1) is 16.2. The topological polar surface area (TPSA) is 30.3 Å². The summed E-state index contributed by atoms with van der Waals surface area (Å²) in [6, 6.07) is 10.9. The van der Waals surface area contributed by atoms with Crippen LogP contribution in [-0.4, -0.2) is 33.1 Å². The lowest BCUT2D eigenvalue weighted by molar-refractivity contribution is -0.0821. The molecule has 0 aliphatic carbocycles. The molecule has 0 amide bonds. The second-order valence-corrected chi connectivity index (χ2v) is 8.36. The average Bonchev–Trinajstić information content (AvgIpc) is 3.37. The summed E-state index contributed by atoms with van der Waals surface area (Å²) in [6.45, 7) is 6.74. The molecule has 26 heavy (non-hydrogen) atoms. The number of aryl methyl sites for hydroxylation is 1. The van der Waals surface area contributed by atoms with Crippen molar-refractivity contribution in [1.29, 1.82) is 0 Å². The van der Waals surface area contributed by atoms with E-state index in [-0.39, 0.29) is 5.60 Å². The lowest BCUT2D eigenvalue weighted by Gasteiger charge is -2.35. The molecule has 1 unspecified atom stereocenters. The SMILES string of the molecule is Cc1ccc(-c2cnc3n2CC2(CCN(Cc4ccsc4)C2)OC3)cc1. The summed E-state index contributed by atoms with van der Waals surface area (Å²) >= 11 is 1.77. The van der Waals surface area contributed by atoms with Crippen LogP contribution in [0, 0.1) is 6.92 Å². The van der Waals surface area contributed by atoms with Gasteiger partial charge in [-0.2, -0.15) is 11.3 Å². The van der Waals surface area contributed by atoms with Gasteiger partial charge in [-0.25, -0.2) is 4.98 Å². The van der Waals surface area contributed by atoms with Gasteiger partial charge in [-0.05, 0) is 41.3 Å². The Morgan fingerprint density at radius 2 is 2.08 bits per heavy atom. The van der Waals surface area contributed by atoms with E-state index < -0.39 is 0 Å². The van der Waals surface area contributed by atoms with Crippen molar-refractivity contribution in [3.05, 3.63) is 64.2 Å². The van der Waals surface area contributed by atoms with Gasteiger partial charge >= 0.3 is 0 Å². The Labute approximate surface area is 158 Å². The van der Waals surface area contributed by atoms with Crippen LogP contribution in [-0.2, 0) is 24.4 Å². The number of likely N-dealkylation sites (tertiary alicyclic amines) is 1. The minimum absolute atomic E-state index is 0.0802. The van der Waals surface area contributed by atoms with Gasteiger partial charge in [0.25, 0.3) is 0 Å².